The van der Waals surface area contributed by atoms with E-state index in [0.717, 1.165) is 35.9 Å². The molecule has 1 amide bonds. The maximum absolute atomic E-state index is 12.2. The van der Waals surface area contributed by atoms with Crippen molar-refractivity contribution in [1.29, 1.82) is 0 Å². The minimum Gasteiger partial charge on any atom is -0.497 e. The smallest absolute Gasteiger partial charge is 0.338 e. The molecule has 162 valence electrons. The molecule has 2 aromatic carbocycles. The Labute approximate surface area is 184 Å². The third-order valence-corrected chi connectivity index (χ3v) is 5.02. The number of thioether (sulfide) groups is 1. The number of anilines is 1. The number of esters is 1. The summed E-state index contributed by atoms with van der Waals surface area (Å²) in [5.41, 5.74) is 1.79. The summed E-state index contributed by atoms with van der Waals surface area (Å²) in [6, 6.07) is 13.8. The van der Waals surface area contributed by atoms with Crippen LogP contribution in [0.3, 0.4) is 0 Å². The predicted molar refractivity (Wildman–Crippen MR) is 117 cm³/mol. The molecule has 0 aliphatic carbocycles. The molecular formula is C22H23N3O5S. The lowest BCUT2D eigenvalue weighted by Gasteiger charge is -2.06. The lowest BCUT2D eigenvalue weighted by Crippen LogP contribution is -2.14. The summed E-state index contributed by atoms with van der Waals surface area (Å²) in [5.74, 6) is 0.603. The largest absolute Gasteiger partial charge is 0.497 e. The van der Waals surface area contributed by atoms with Crippen molar-refractivity contribution in [3.8, 4) is 17.2 Å². The molecule has 0 aliphatic rings. The quantitative estimate of drug-likeness (QED) is 0.280. The fraction of sp³-hybridized carbons (Fsp3) is 0.273. The van der Waals surface area contributed by atoms with Crippen LogP contribution in [0.5, 0.6) is 5.75 Å². The molecule has 0 spiro atoms. The fourth-order valence-corrected chi connectivity index (χ4v) is 3.09. The summed E-state index contributed by atoms with van der Waals surface area (Å²) in [5, 5.41) is 11.0. The van der Waals surface area contributed by atoms with Crippen LogP contribution in [0.4, 0.5) is 5.69 Å². The topological polar surface area (TPSA) is 104 Å². The first-order valence-corrected chi connectivity index (χ1v) is 10.8. The van der Waals surface area contributed by atoms with Crippen molar-refractivity contribution in [1.82, 2.24) is 10.2 Å². The summed E-state index contributed by atoms with van der Waals surface area (Å²) in [6.07, 6.45) is 1.79. The molecule has 1 heterocycles. The molecule has 3 aromatic rings. The van der Waals surface area contributed by atoms with Gasteiger partial charge < -0.3 is 19.2 Å². The maximum atomic E-state index is 12.2. The van der Waals surface area contributed by atoms with Crippen LogP contribution in [0.1, 0.15) is 30.1 Å². The highest BCUT2D eigenvalue weighted by Crippen LogP contribution is 2.25. The van der Waals surface area contributed by atoms with Crippen LogP contribution >= 0.6 is 11.8 Å². The summed E-state index contributed by atoms with van der Waals surface area (Å²) in [6.45, 7) is 2.43. The van der Waals surface area contributed by atoms with Crippen LogP contribution < -0.4 is 10.1 Å². The molecule has 0 radical (unpaired) electrons. The number of carbonyl (C=O) groups excluding carboxylic acids is 2. The molecule has 0 atom stereocenters. The minimum absolute atomic E-state index is 0.102. The Morgan fingerprint density at radius 1 is 1.06 bits per heavy atom. The highest BCUT2D eigenvalue weighted by molar-refractivity contribution is 7.99. The van der Waals surface area contributed by atoms with Gasteiger partial charge in [-0.25, -0.2) is 4.79 Å². The number of methoxy groups -OCH3 is 1. The number of unbranched alkanes of at least 4 members (excludes halogenated alkanes) is 1. The van der Waals surface area contributed by atoms with E-state index in [1.807, 2.05) is 19.1 Å². The van der Waals surface area contributed by atoms with Gasteiger partial charge in [0.25, 0.3) is 5.22 Å². The zero-order chi connectivity index (χ0) is 22.1. The molecule has 31 heavy (non-hydrogen) atoms. The van der Waals surface area contributed by atoms with Crippen LogP contribution in [0.2, 0.25) is 0 Å². The highest BCUT2D eigenvalue weighted by Gasteiger charge is 2.12. The Morgan fingerprint density at radius 2 is 1.81 bits per heavy atom. The van der Waals surface area contributed by atoms with E-state index < -0.39 is 0 Å². The monoisotopic (exact) mass is 441 g/mol. The Kier molecular flexibility index (Phi) is 8.05. The highest BCUT2D eigenvalue weighted by atomic mass is 32.2. The van der Waals surface area contributed by atoms with E-state index >= 15 is 0 Å². The number of hydrogen-bond donors (Lipinski definition) is 1. The predicted octanol–water partition coefficient (Wildman–Crippen LogP) is 4.43. The second-order valence-electron chi connectivity index (χ2n) is 6.51. The van der Waals surface area contributed by atoms with E-state index in [2.05, 4.69) is 15.5 Å². The molecule has 0 saturated carbocycles. The third-order valence-electron chi connectivity index (χ3n) is 4.21. The Bertz CT molecular complexity index is 1000. The van der Waals surface area contributed by atoms with Crippen molar-refractivity contribution in [2.45, 2.75) is 25.0 Å². The van der Waals surface area contributed by atoms with Gasteiger partial charge in [0.1, 0.15) is 5.75 Å². The van der Waals surface area contributed by atoms with Crippen molar-refractivity contribution in [3.05, 3.63) is 54.1 Å². The lowest BCUT2D eigenvalue weighted by atomic mass is 10.2. The molecule has 0 saturated heterocycles. The van der Waals surface area contributed by atoms with E-state index in [1.165, 1.54) is 0 Å². The number of amides is 1. The van der Waals surface area contributed by atoms with E-state index in [4.69, 9.17) is 13.9 Å². The fourth-order valence-electron chi connectivity index (χ4n) is 2.52. The van der Waals surface area contributed by atoms with Gasteiger partial charge >= 0.3 is 5.97 Å². The number of aromatic nitrogens is 2. The lowest BCUT2D eigenvalue weighted by molar-refractivity contribution is -0.113. The van der Waals surface area contributed by atoms with Crippen LogP contribution in [0.25, 0.3) is 11.5 Å². The zero-order valence-corrected chi connectivity index (χ0v) is 18.1. The van der Waals surface area contributed by atoms with Crippen molar-refractivity contribution in [2.24, 2.45) is 0 Å². The summed E-state index contributed by atoms with van der Waals surface area (Å²) < 4.78 is 15.9. The number of carbonyl (C=O) groups is 2. The summed E-state index contributed by atoms with van der Waals surface area (Å²) in [7, 11) is 1.60. The molecule has 0 bridgehead atoms. The van der Waals surface area contributed by atoms with Gasteiger partial charge in [-0.3, -0.25) is 4.79 Å². The molecular weight excluding hydrogens is 418 g/mol. The molecule has 1 aromatic heterocycles. The number of ether oxygens (including phenoxy) is 2. The SMILES string of the molecule is CCCCOC(=O)c1ccc(NC(=O)CSc2nnc(-c3ccc(OC)cc3)o2)cc1. The maximum Gasteiger partial charge on any atom is 0.338 e. The number of benzene rings is 2. The molecule has 9 heteroatoms. The number of nitrogens with zero attached hydrogens (tertiary/aromatic N) is 2. The van der Waals surface area contributed by atoms with E-state index in [0.29, 0.717) is 29.0 Å². The minimum atomic E-state index is -0.369. The Hall–Kier alpha value is -3.33. The van der Waals surface area contributed by atoms with Gasteiger partial charge in [-0.05, 0) is 55.0 Å². The average Bonchev–Trinajstić information content (AvgIpc) is 3.27. The Morgan fingerprint density at radius 3 is 2.48 bits per heavy atom. The first-order valence-electron chi connectivity index (χ1n) is 9.77. The van der Waals surface area contributed by atoms with Crippen molar-refractivity contribution in [3.63, 3.8) is 0 Å². The van der Waals surface area contributed by atoms with Gasteiger partial charge in [0.15, 0.2) is 0 Å². The van der Waals surface area contributed by atoms with E-state index in [1.54, 1.807) is 43.5 Å². The van der Waals surface area contributed by atoms with Crippen LogP contribution in [0, 0.1) is 0 Å². The van der Waals surface area contributed by atoms with Gasteiger partial charge in [-0.2, -0.15) is 0 Å². The summed E-state index contributed by atoms with van der Waals surface area (Å²) in [4.78, 5) is 24.1. The third kappa shape index (κ3) is 6.58. The molecule has 0 unspecified atom stereocenters. The Balaban J connectivity index is 1.48. The van der Waals surface area contributed by atoms with Gasteiger partial charge in [-0.15, -0.1) is 10.2 Å². The standard InChI is InChI=1S/C22H23N3O5S/c1-3-4-13-29-21(27)16-5-9-17(10-6-16)23-19(26)14-31-22-25-24-20(30-22)15-7-11-18(28-2)12-8-15/h5-12H,3-4,13-14H2,1-2H3,(H,23,26). The molecule has 1 N–H and O–H groups in total. The average molecular weight is 442 g/mol. The zero-order valence-electron chi connectivity index (χ0n) is 17.3. The summed E-state index contributed by atoms with van der Waals surface area (Å²) >= 11 is 1.14. The van der Waals surface area contributed by atoms with Crippen LogP contribution in [-0.4, -0.2) is 41.5 Å². The second kappa shape index (κ2) is 11.2. The van der Waals surface area contributed by atoms with Gasteiger partial charge in [0.2, 0.25) is 11.8 Å². The molecule has 8 nitrogen and oxygen atoms in total. The number of rotatable bonds is 10. The first kappa shape index (κ1) is 22.4. The van der Waals surface area contributed by atoms with Gasteiger partial charge in [0, 0.05) is 11.3 Å². The normalized spacial score (nSPS) is 10.5. The molecule has 3 rings (SSSR count). The molecule has 0 aliphatic heterocycles. The first-order chi connectivity index (χ1) is 15.1. The van der Waals surface area contributed by atoms with Crippen molar-refractivity contribution < 1.29 is 23.5 Å². The number of nitrogens with one attached hydrogen (secondary N) is 1. The molecule has 0 fully saturated rings. The van der Waals surface area contributed by atoms with E-state index in [-0.39, 0.29) is 17.6 Å². The van der Waals surface area contributed by atoms with Crippen LogP contribution in [0.15, 0.2) is 58.2 Å². The van der Waals surface area contributed by atoms with Crippen LogP contribution in [-0.2, 0) is 9.53 Å². The van der Waals surface area contributed by atoms with Gasteiger partial charge in [0.05, 0.1) is 25.0 Å². The van der Waals surface area contributed by atoms with Gasteiger partial charge in [-0.1, -0.05) is 25.1 Å². The second-order valence-corrected chi connectivity index (χ2v) is 7.43. The number of hydrogen-bond acceptors (Lipinski definition) is 8. The van der Waals surface area contributed by atoms with Crippen molar-refractivity contribution >= 4 is 29.3 Å². The van der Waals surface area contributed by atoms with E-state index in [9.17, 15) is 9.59 Å². The van der Waals surface area contributed by atoms with Crippen molar-refractivity contribution in [2.75, 3.05) is 24.8 Å².